The molecule has 1 aliphatic rings. The van der Waals surface area contributed by atoms with Gasteiger partial charge in [-0.3, -0.25) is 4.99 Å². The van der Waals surface area contributed by atoms with Gasteiger partial charge in [-0.05, 0) is 74.1 Å². The Morgan fingerprint density at radius 3 is 2.81 bits per heavy atom. The molecule has 2 aromatic rings. The lowest BCUT2D eigenvalue weighted by Gasteiger charge is -2.26. The number of carboxylic acid groups (broad SMARTS) is 1. The quantitative estimate of drug-likeness (QED) is 0.847. The molecule has 0 fully saturated rings. The summed E-state index contributed by atoms with van der Waals surface area (Å²) in [6, 6.07) is 10.2. The van der Waals surface area contributed by atoms with E-state index >= 15 is 0 Å². The predicted octanol–water partition coefficient (Wildman–Crippen LogP) is 4.74. The Morgan fingerprint density at radius 2 is 2.08 bits per heavy atom. The fourth-order valence-corrected chi connectivity index (χ4v) is 3.73. The number of benzene rings is 1. The number of aryl methyl sites for hydroxylation is 1. The summed E-state index contributed by atoms with van der Waals surface area (Å²) in [7, 11) is 0. The van der Waals surface area contributed by atoms with Crippen molar-refractivity contribution in [3.8, 4) is 0 Å². The fourth-order valence-electron chi connectivity index (χ4n) is 3.73. The largest absolute Gasteiger partial charge is 0.477 e. The number of nitrogens with zero attached hydrogens (tertiary/aromatic N) is 2. The molecule has 0 bridgehead atoms. The molecule has 4 heteroatoms. The summed E-state index contributed by atoms with van der Waals surface area (Å²) in [6.45, 7) is 4.33. The van der Waals surface area contributed by atoms with Crippen molar-refractivity contribution in [1.82, 2.24) is 4.98 Å². The van der Waals surface area contributed by atoms with Crippen LogP contribution < -0.4 is 0 Å². The van der Waals surface area contributed by atoms with E-state index in [9.17, 15) is 4.79 Å². The topological polar surface area (TPSA) is 62.5 Å². The van der Waals surface area contributed by atoms with Crippen molar-refractivity contribution in [1.29, 1.82) is 0 Å². The van der Waals surface area contributed by atoms with E-state index < -0.39 is 5.97 Å². The molecule has 0 radical (unpaired) electrons. The van der Waals surface area contributed by atoms with E-state index in [-0.39, 0.29) is 17.7 Å². The number of carbonyl (C=O) groups is 1. The van der Waals surface area contributed by atoms with E-state index in [4.69, 9.17) is 10.1 Å². The van der Waals surface area contributed by atoms with Crippen LogP contribution in [0.25, 0.3) is 0 Å². The lowest BCUT2D eigenvalue weighted by Crippen LogP contribution is -2.20. The molecule has 136 valence electrons. The highest BCUT2D eigenvalue weighted by Crippen LogP contribution is 2.33. The Balaban J connectivity index is 1.94. The van der Waals surface area contributed by atoms with Gasteiger partial charge in [0.1, 0.15) is 5.69 Å². The van der Waals surface area contributed by atoms with Crippen molar-refractivity contribution in [3.63, 3.8) is 0 Å². The highest BCUT2D eigenvalue weighted by molar-refractivity contribution is 5.85. The predicted molar refractivity (Wildman–Crippen MR) is 104 cm³/mol. The Morgan fingerprint density at radius 1 is 1.23 bits per heavy atom. The maximum Gasteiger partial charge on any atom is 0.354 e. The van der Waals surface area contributed by atoms with Crippen LogP contribution in [-0.2, 0) is 6.42 Å². The van der Waals surface area contributed by atoms with E-state index in [2.05, 4.69) is 43.2 Å². The number of aromatic carboxylic acids is 1. The normalized spacial score (nSPS) is 18.3. The number of hydrogen-bond donors (Lipinski definition) is 1. The van der Waals surface area contributed by atoms with E-state index in [0.717, 1.165) is 24.8 Å². The third kappa shape index (κ3) is 4.18. The van der Waals surface area contributed by atoms with Crippen molar-refractivity contribution in [2.24, 2.45) is 4.99 Å². The van der Waals surface area contributed by atoms with Gasteiger partial charge in [0, 0.05) is 12.1 Å². The molecule has 0 amide bonds. The van der Waals surface area contributed by atoms with Crippen molar-refractivity contribution < 1.29 is 9.90 Å². The van der Waals surface area contributed by atoms with Gasteiger partial charge in [-0.2, -0.15) is 0 Å². The molecule has 0 aliphatic carbocycles. The molecule has 3 rings (SSSR count). The molecule has 26 heavy (non-hydrogen) atoms. The number of hydrogen-bond acceptors (Lipinski definition) is 3. The third-order valence-electron chi connectivity index (χ3n) is 5.39. The molecule has 2 unspecified atom stereocenters. The second-order valence-corrected chi connectivity index (χ2v) is 7.14. The fraction of sp³-hybridized carbons (Fsp3) is 0.409. The Hall–Kier alpha value is -2.49. The van der Waals surface area contributed by atoms with Crippen LogP contribution in [0.2, 0.25) is 0 Å². The molecule has 1 aromatic heterocycles. The highest BCUT2D eigenvalue weighted by atomic mass is 16.4. The molecule has 1 aromatic carbocycles. The number of aromatic nitrogens is 1. The second kappa shape index (κ2) is 8.26. The first-order valence-electron chi connectivity index (χ1n) is 9.32. The van der Waals surface area contributed by atoms with Crippen LogP contribution in [0.15, 0.2) is 41.5 Å². The Bertz CT molecular complexity index is 796. The minimum absolute atomic E-state index is 0.0875. The summed E-state index contributed by atoms with van der Waals surface area (Å²) < 4.78 is 0. The monoisotopic (exact) mass is 350 g/mol. The zero-order valence-electron chi connectivity index (χ0n) is 15.5. The first kappa shape index (κ1) is 18.3. The molecule has 2 atom stereocenters. The number of aliphatic imine (C=N–C) groups is 1. The van der Waals surface area contributed by atoms with E-state index in [1.165, 1.54) is 29.5 Å². The molecule has 2 heterocycles. The molecule has 1 aliphatic heterocycles. The average molecular weight is 350 g/mol. The maximum absolute atomic E-state index is 11.0. The van der Waals surface area contributed by atoms with Crippen molar-refractivity contribution >= 4 is 12.2 Å². The van der Waals surface area contributed by atoms with Crippen molar-refractivity contribution in [2.75, 3.05) is 0 Å². The number of carboxylic acids is 1. The van der Waals surface area contributed by atoms with Crippen LogP contribution in [0, 0.1) is 13.8 Å². The van der Waals surface area contributed by atoms with Gasteiger partial charge in [0.2, 0.25) is 0 Å². The number of rotatable bonds is 5. The first-order valence-corrected chi connectivity index (χ1v) is 9.32. The zero-order valence-corrected chi connectivity index (χ0v) is 15.5. The smallest absolute Gasteiger partial charge is 0.354 e. The summed E-state index contributed by atoms with van der Waals surface area (Å²) in [5.74, 6) is -0.710. The van der Waals surface area contributed by atoms with E-state index in [0.29, 0.717) is 0 Å². The summed E-state index contributed by atoms with van der Waals surface area (Å²) in [5.41, 5.74) is 5.11. The second-order valence-electron chi connectivity index (χ2n) is 7.14. The highest BCUT2D eigenvalue weighted by Gasteiger charge is 2.25. The first-order chi connectivity index (χ1) is 12.6. The van der Waals surface area contributed by atoms with E-state index in [1.807, 2.05) is 6.07 Å². The summed E-state index contributed by atoms with van der Waals surface area (Å²) in [4.78, 5) is 20.0. The van der Waals surface area contributed by atoms with Gasteiger partial charge in [0.15, 0.2) is 0 Å². The molecule has 1 N–H and O–H groups in total. The minimum atomic E-state index is -0.990. The SMILES string of the molecule is Cc1cccc(C(Cc2ccc(C(=O)O)nc2)C2CCCCC=N2)c1C. The average Bonchev–Trinajstić information content (AvgIpc) is 2.92. The molecular weight excluding hydrogens is 324 g/mol. The minimum Gasteiger partial charge on any atom is -0.477 e. The molecule has 0 spiro atoms. The van der Waals surface area contributed by atoms with Gasteiger partial charge in [0.05, 0.1) is 6.04 Å². The standard InChI is InChI=1S/C22H26N2O2/c1-15-7-6-8-18(16(15)2)19(20-9-4-3-5-12-23-20)13-17-10-11-21(22(25)26)24-14-17/h6-8,10-12,14,19-20H,3-5,9,13H2,1-2H3,(H,25,26). The van der Waals surface area contributed by atoms with Gasteiger partial charge < -0.3 is 5.11 Å². The number of pyridine rings is 1. The molecule has 0 saturated carbocycles. The van der Waals surface area contributed by atoms with Crippen molar-refractivity contribution in [3.05, 3.63) is 64.5 Å². The van der Waals surface area contributed by atoms with Crippen molar-refractivity contribution in [2.45, 2.75) is 57.9 Å². The van der Waals surface area contributed by atoms with Crippen LogP contribution in [-0.4, -0.2) is 28.3 Å². The molecule has 4 nitrogen and oxygen atoms in total. The lowest BCUT2D eigenvalue weighted by atomic mass is 9.81. The summed E-state index contributed by atoms with van der Waals surface area (Å²) in [6.07, 6.45) is 9.15. The van der Waals surface area contributed by atoms with Crippen LogP contribution in [0.4, 0.5) is 0 Å². The Kier molecular flexibility index (Phi) is 5.82. The van der Waals surface area contributed by atoms with E-state index in [1.54, 1.807) is 12.3 Å². The Labute approximate surface area is 155 Å². The zero-order chi connectivity index (χ0) is 18.5. The van der Waals surface area contributed by atoms with Crippen LogP contribution in [0.5, 0.6) is 0 Å². The van der Waals surface area contributed by atoms with Gasteiger partial charge in [0.25, 0.3) is 0 Å². The van der Waals surface area contributed by atoms with Gasteiger partial charge in [-0.25, -0.2) is 9.78 Å². The van der Waals surface area contributed by atoms with Crippen LogP contribution in [0.1, 0.15) is 64.3 Å². The molecule has 0 saturated heterocycles. The van der Waals surface area contributed by atoms with Crippen LogP contribution in [0.3, 0.4) is 0 Å². The third-order valence-corrected chi connectivity index (χ3v) is 5.39. The van der Waals surface area contributed by atoms with Gasteiger partial charge in [-0.15, -0.1) is 0 Å². The van der Waals surface area contributed by atoms with Crippen LogP contribution >= 0.6 is 0 Å². The maximum atomic E-state index is 11.0. The van der Waals surface area contributed by atoms with Gasteiger partial charge in [-0.1, -0.05) is 30.7 Å². The van der Waals surface area contributed by atoms with Gasteiger partial charge >= 0.3 is 5.97 Å². The summed E-state index contributed by atoms with van der Waals surface area (Å²) >= 11 is 0. The summed E-state index contributed by atoms with van der Waals surface area (Å²) in [5, 5.41) is 9.06. The molecular formula is C22H26N2O2. The lowest BCUT2D eigenvalue weighted by molar-refractivity contribution is 0.0690.